The molecule has 0 radical (unpaired) electrons. The Bertz CT molecular complexity index is 347. The fourth-order valence-electron chi connectivity index (χ4n) is 1.88. The molecule has 60 valence electrons. The van der Waals surface area contributed by atoms with Crippen LogP contribution in [0.5, 0.6) is 0 Å². The molecular weight excluding hydrogens is 146 g/mol. The maximum absolute atomic E-state index is 8.83. The lowest BCUT2D eigenvalue weighted by atomic mass is 10.0. The average molecular weight is 157 g/mol. The first-order valence-corrected chi connectivity index (χ1v) is 4.30. The lowest BCUT2D eigenvalue weighted by molar-refractivity contribution is 0.826. The molecule has 1 aromatic rings. The van der Waals surface area contributed by atoms with Gasteiger partial charge in [-0.05, 0) is 30.9 Å². The number of nitriles is 1. The monoisotopic (exact) mass is 157 g/mol. The summed E-state index contributed by atoms with van der Waals surface area (Å²) in [5, 5.41) is 8.83. The van der Waals surface area contributed by atoms with E-state index in [1.807, 2.05) is 0 Å². The second-order valence-electron chi connectivity index (χ2n) is 3.42. The Morgan fingerprint density at radius 2 is 2.33 bits per heavy atom. The highest BCUT2D eigenvalue weighted by Gasteiger charge is 2.21. The van der Waals surface area contributed by atoms with Crippen LogP contribution in [0.4, 0.5) is 0 Å². The van der Waals surface area contributed by atoms with Gasteiger partial charge in [0.05, 0.1) is 12.0 Å². The molecule has 0 heterocycles. The van der Waals surface area contributed by atoms with Gasteiger partial charge in [0.15, 0.2) is 0 Å². The fraction of sp³-hybridized carbons (Fsp3) is 0.364. The van der Waals surface area contributed by atoms with Gasteiger partial charge in [0.25, 0.3) is 0 Å². The van der Waals surface area contributed by atoms with Crippen molar-refractivity contribution < 1.29 is 0 Å². The van der Waals surface area contributed by atoms with Crippen LogP contribution >= 0.6 is 0 Å². The highest BCUT2D eigenvalue weighted by atomic mass is 14.3. The Hall–Kier alpha value is -1.29. The molecule has 0 aliphatic heterocycles. The van der Waals surface area contributed by atoms with E-state index >= 15 is 0 Å². The minimum Gasteiger partial charge on any atom is -0.198 e. The summed E-state index contributed by atoms with van der Waals surface area (Å²) in [5.41, 5.74) is 3.93. The normalized spacial score (nSPS) is 20.2. The van der Waals surface area contributed by atoms with E-state index in [1.54, 1.807) is 0 Å². The van der Waals surface area contributed by atoms with Gasteiger partial charge in [-0.1, -0.05) is 23.8 Å². The molecule has 0 amide bonds. The minimum absolute atomic E-state index is 0.153. The second-order valence-corrected chi connectivity index (χ2v) is 3.42. The number of hydrogen-bond acceptors (Lipinski definition) is 1. The fourth-order valence-corrected chi connectivity index (χ4v) is 1.88. The van der Waals surface area contributed by atoms with Crippen molar-refractivity contribution >= 4 is 0 Å². The van der Waals surface area contributed by atoms with Crippen molar-refractivity contribution in [3.63, 3.8) is 0 Å². The molecule has 0 N–H and O–H groups in total. The maximum Gasteiger partial charge on any atom is 0.0718 e. The van der Waals surface area contributed by atoms with Gasteiger partial charge in [0.2, 0.25) is 0 Å². The Labute approximate surface area is 72.6 Å². The number of fused-ring (bicyclic) bond motifs is 1. The summed E-state index contributed by atoms with van der Waals surface area (Å²) in [6, 6.07) is 8.74. The zero-order valence-corrected chi connectivity index (χ0v) is 7.17. The zero-order chi connectivity index (χ0) is 8.55. The van der Waals surface area contributed by atoms with Crippen LogP contribution in [0.1, 0.15) is 29.0 Å². The molecule has 0 fully saturated rings. The van der Waals surface area contributed by atoms with E-state index in [-0.39, 0.29) is 5.92 Å². The molecule has 0 aromatic heterocycles. The summed E-state index contributed by atoms with van der Waals surface area (Å²) in [6.07, 6.45) is 2.09. The van der Waals surface area contributed by atoms with Crippen LogP contribution < -0.4 is 0 Å². The molecule has 0 bridgehead atoms. The van der Waals surface area contributed by atoms with Crippen molar-refractivity contribution in [3.8, 4) is 6.07 Å². The highest BCUT2D eigenvalue weighted by molar-refractivity contribution is 5.40. The van der Waals surface area contributed by atoms with E-state index in [1.165, 1.54) is 16.7 Å². The third-order valence-electron chi connectivity index (χ3n) is 2.53. The van der Waals surface area contributed by atoms with Gasteiger partial charge in [-0.25, -0.2) is 0 Å². The Morgan fingerprint density at radius 3 is 3.08 bits per heavy atom. The van der Waals surface area contributed by atoms with Crippen molar-refractivity contribution in [2.24, 2.45) is 0 Å². The van der Waals surface area contributed by atoms with Crippen molar-refractivity contribution in [2.45, 2.75) is 25.7 Å². The van der Waals surface area contributed by atoms with Crippen molar-refractivity contribution in [1.29, 1.82) is 5.26 Å². The van der Waals surface area contributed by atoms with Crippen LogP contribution in [-0.4, -0.2) is 0 Å². The smallest absolute Gasteiger partial charge is 0.0718 e. The van der Waals surface area contributed by atoms with Gasteiger partial charge < -0.3 is 0 Å². The zero-order valence-electron chi connectivity index (χ0n) is 7.17. The molecule has 1 atom stereocenters. The predicted molar refractivity (Wildman–Crippen MR) is 47.9 cm³/mol. The summed E-state index contributed by atoms with van der Waals surface area (Å²) >= 11 is 0. The van der Waals surface area contributed by atoms with Crippen LogP contribution in [0.15, 0.2) is 18.2 Å². The summed E-state index contributed by atoms with van der Waals surface area (Å²) in [4.78, 5) is 0. The molecular formula is C11H11N. The van der Waals surface area contributed by atoms with E-state index < -0.39 is 0 Å². The Morgan fingerprint density at radius 1 is 1.50 bits per heavy atom. The van der Waals surface area contributed by atoms with E-state index in [4.69, 9.17) is 5.26 Å². The number of rotatable bonds is 0. The first-order valence-electron chi connectivity index (χ1n) is 4.30. The van der Waals surface area contributed by atoms with Gasteiger partial charge >= 0.3 is 0 Å². The first kappa shape index (κ1) is 7.36. The summed E-state index contributed by atoms with van der Waals surface area (Å²) in [6.45, 7) is 2.10. The Balaban J connectivity index is 2.49. The quantitative estimate of drug-likeness (QED) is 0.567. The SMILES string of the molecule is Cc1ccc2c(c1)CCC2C#N. The molecule has 1 unspecified atom stereocenters. The standard InChI is InChI=1S/C11H11N/c1-8-2-5-11-9(6-8)3-4-10(11)7-12/h2,5-6,10H,3-4H2,1H3. The van der Waals surface area contributed by atoms with Crippen molar-refractivity contribution in [3.05, 3.63) is 34.9 Å². The van der Waals surface area contributed by atoms with Gasteiger partial charge in [0.1, 0.15) is 0 Å². The van der Waals surface area contributed by atoms with Crippen LogP contribution in [0.2, 0.25) is 0 Å². The topological polar surface area (TPSA) is 23.8 Å². The van der Waals surface area contributed by atoms with E-state index in [0.717, 1.165) is 12.8 Å². The molecule has 0 saturated heterocycles. The maximum atomic E-state index is 8.83. The van der Waals surface area contributed by atoms with Crippen molar-refractivity contribution in [2.75, 3.05) is 0 Å². The predicted octanol–water partition coefficient (Wildman–Crippen LogP) is 2.55. The average Bonchev–Trinajstić information content (AvgIpc) is 2.46. The third-order valence-corrected chi connectivity index (χ3v) is 2.53. The summed E-state index contributed by atoms with van der Waals surface area (Å²) in [7, 11) is 0. The van der Waals surface area contributed by atoms with E-state index in [9.17, 15) is 0 Å². The van der Waals surface area contributed by atoms with Gasteiger partial charge in [-0.15, -0.1) is 0 Å². The second kappa shape index (κ2) is 2.64. The van der Waals surface area contributed by atoms with Crippen LogP contribution in [-0.2, 0) is 6.42 Å². The van der Waals surface area contributed by atoms with Crippen LogP contribution in [0, 0.1) is 18.3 Å². The van der Waals surface area contributed by atoms with Crippen LogP contribution in [0.25, 0.3) is 0 Å². The van der Waals surface area contributed by atoms with Gasteiger partial charge in [-0.2, -0.15) is 5.26 Å². The molecule has 2 rings (SSSR count). The number of aryl methyl sites for hydroxylation is 2. The molecule has 1 aromatic carbocycles. The summed E-state index contributed by atoms with van der Waals surface area (Å²) < 4.78 is 0. The van der Waals surface area contributed by atoms with Gasteiger partial charge in [-0.3, -0.25) is 0 Å². The molecule has 1 aliphatic carbocycles. The van der Waals surface area contributed by atoms with Crippen molar-refractivity contribution in [1.82, 2.24) is 0 Å². The molecule has 1 heteroatoms. The molecule has 1 aliphatic rings. The van der Waals surface area contributed by atoms with E-state index in [0.29, 0.717) is 0 Å². The molecule has 1 nitrogen and oxygen atoms in total. The Kier molecular flexibility index (Phi) is 1.62. The largest absolute Gasteiger partial charge is 0.198 e. The number of hydrogen-bond donors (Lipinski definition) is 0. The number of benzene rings is 1. The van der Waals surface area contributed by atoms with Crippen LogP contribution in [0.3, 0.4) is 0 Å². The first-order chi connectivity index (χ1) is 5.81. The molecule has 12 heavy (non-hydrogen) atoms. The molecule has 0 saturated carbocycles. The minimum atomic E-state index is 0.153. The summed E-state index contributed by atoms with van der Waals surface area (Å²) in [5.74, 6) is 0.153. The van der Waals surface area contributed by atoms with Gasteiger partial charge in [0, 0.05) is 0 Å². The number of nitrogens with zero attached hydrogens (tertiary/aromatic N) is 1. The highest BCUT2D eigenvalue weighted by Crippen LogP contribution is 2.32. The van der Waals surface area contributed by atoms with E-state index in [2.05, 4.69) is 31.2 Å². The molecule has 0 spiro atoms. The lowest BCUT2D eigenvalue weighted by Gasteiger charge is -2.01. The lowest BCUT2D eigenvalue weighted by Crippen LogP contribution is -1.88. The third kappa shape index (κ3) is 1.00.